The molecule has 0 unspecified atom stereocenters. The number of carbonyl (C=O) groups excluding carboxylic acids is 1. The molecule has 7 nitrogen and oxygen atoms in total. The Morgan fingerprint density at radius 1 is 1.25 bits per heavy atom. The number of benzene rings is 1. The van der Waals surface area contributed by atoms with Crippen molar-refractivity contribution in [3.63, 3.8) is 0 Å². The van der Waals surface area contributed by atoms with Gasteiger partial charge in [0.15, 0.2) is 5.11 Å². The van der Waals surface area contributed by atoms with Crippen LogP contribution in [0.1, 0.15) is 48.6 Å². The molecule has 0 bridgehead atoms. The first-order valence-corrected chi connectivity index (χ1v) is 12.8. The molecule has 2 N–H and O–H groups in total. The predicted molar refractivity (Wildman–Crippen MR) is 149 cm³/mol. The van der Waals surface area contributed by atoms with E-state index in [1.165, 1.54) is 0 Å². The lowest BCUT2D eigenvalue weighted by Gasteiger charge is -2.28. The molecule has 0 aliphatic carbocycles. The van der Waals surface area contributed by atoms with Crippen LogP contribution in [0.25, 0.3) is 0 Å². The molecule has 1 fully saturated rings. The number of thiocarbonyl (C=S) groups is 1. The van der Waals surface area contributed by atoms with Gasteiger partial charge < -0.3 is 24.8 Å². The fourth-order valence-electron chi connectivity index (χ4n) is 4.64. The number of rotatable bonds is 8. The van der Waals surface area contributed by atoms with Crippen LogP contribution in [-0.4, -0.2) is 34.3 Å². The Kier molecular flexibility index (Phi) is 7.97. The van der Waals surface area contributed by atoms with Gasteiger partial charge in [-0.2, -0.15) is 0 Å². The van der Waals surface area contributed by atoms with E-state index in [4.69, 9.17) is 28.6 Å². The van der Waals surface area contributed by atoms with E-state index >= 15 is 0 Å². The zero-order chi connectivity index (χ0) is 26.0. The Hall–Kier alpha value is -2.94. The SMILES string of the molecule is COCCn1c(C)cc([C@H]2[C@@H](c3ccccn3)NC(=S)N2c2ccc(NC(=O)C(C)C)c(Cl)c2)c1C. The van der Waals surface area contributed by atoms with E-state index in [9.17, 15) is 4.79 Å². The van der Waals surface area contributed by atoms with Crippen LogP contribution in [0.3, 0.4) is 0 Å². The van der Waals surface area contributed by atoms with Crippen molar-refractivity contribution in [3.05, 3.63) is 76.3 Å². The maximum atomic E-state index is 12.2. The van der Waals surface area contributed by atoms with Crippen LogP contribution in [0.4, 0.5) is 11.4 Å². The first-order chi connectivity index (χ1) is 17.2. The van der Waals surface area contributed by atoms with Crippen molar-refractivity contribution in [2.24, 2.45) is 5.92 Å². The second-order valence-corrected chi connectivity index (χ2v) is 10.1. The van der Waals surface area contributed by atoms with Gasteiger partial charge in [0.1, 0.15) is 0 Å². The molecule has 2 aromatic heterocycles. The third-order valence-corrected chi connectivity index (χ3v) is 7.19. The van der Waals surface area contributed by atoms with Gasteiger partial charge in [-0.3, -0.25) is 9.78 Å². The highest BCUT2D eigenvalue weighted by Gasteiger charge is 2.42. The summed E-state index contributed by atoms with van der Waals surface area (Å²) < 4.78 is 7.61. The standard InChI is InChI=1S/C27H32ClN5O2S/c1-16(2)26(34)30-22-10-9-19(15-21(22)28)33-25(20-14-17(3)32(18(20)4)12-13-35-5)24(31-27(33)36)23-8-6-7-11-29-23/h6-11,14-16,24-25H,12-13H2,1-5H3,(H,30,34)(H,31,36)/t24-,25+/m1/s1. The quantitative estimate of drug-likeness (QED) is 0.374. The average Bonchev–Trinajstić information content (AvgIpc) is 3.34. The topological polar surface area (TPSA) is 71.4 Å². The molecule has 1 aliphatic rings. The van der Waals surface area contributed by atoms with E-state index in [0.717, 1.165) is 34.9 Å². The molecule has 0 radical (unpaired) electrons. The Balaban J connectivity index is 1.78. The summed E-state index contributed by atoms with van der Waals surface area (Å²) in [5, 5.41) is 7.43. The van der Waals surface area contributed by atoms with Gasteiger partial charge in [0.05, 0.1) is 35.1 Å². The zero-order valence-electron chi connectivity index (χ0n) is 21.2. The number of anilines is 2. The van der Waals surface area contributed by atoms with Crippen LogP contribution in [0, 0.1) is 19.8 Å². The summed E-state index contributed by atoms with van der Waals surface area (Å²) in [4.78, 5) is 18.9. The van der Waals surface area contributed by atoms with Crippen LogP contribution < -0.4 is 15.5 Å². The fourth-order valence-corrected chi connectivity index (χ4v) is 5.20. The van der Waals surface area contributed by atoms with Crippen molar-refractivity contribution in [2.75, 3.05) is 23.9 Å². The number of pyridine rings is 1. The minimum Gasteiger partial charge on any atom is -0.383 e. The van der Waals surface area contributed by atoms with Gasteiger partial charge in [0.2, 0.25) is 5.91 Å². The Morgan fingerprint density at radius 3 is 2.67 bits per heavy atom. The molecule has 1 saturated heterocycles. The summed E-state index contributed by atoms with van der Waals surface area (Å²) in [5.41, 5.74) is 5.78. The fraction of sp³-hybridized carbons (Fsp3) is 0.370. The van der Waals surface area contributed by atoms with Crippen LogP contribution in [-0.2, 0) is 16.1 Å². The lowest BCUT2D eigenvalue weighted by molar-refractivity contribution is -0.118. The zero-order valence-corrected chi connectivity index (χ0v) is 22.8. The molecule has 0 saturated carbocycles. The molecule has 0 spiro atoms. The van der Waals surface area contributed by atoms with Crippen LogP contribution in [0.15, 0.2) is 48.7 Å². The molecule has 190 valence electrons. The molecule has 9 heteroatoms. The summed E-state index contributed by atoms with van der Waals surface area (Å²) in [6.45, 7) is 9.32. The van der Waals surface area contributed by atoms with Gasteiger partial charge in [0.25, 0.3) is 0 Å². The van der Waals surface area contributed by atoms with Gasteiger partial charge in [0, 0.05) is 42.8 Å². The number of nitrogens with one attached hydrogen (secondary N) is 2. The summed E-state index contributed by atoms with van der Waals surface area (Å²) in [6.07, 6.45) is 1.80. The van der Waals surface area contributed by atoms with E-state index in [-0.39, 0.29) is 23.9 Å². The molecular formula is C27H32ClN5O2S. The van der Waals surface area contributed by atoms with Gasteiger partial charge >= 0.3 is 0 Å². The summed E-state index contributed by atoms with van der Waals surface area (Å²) in [7, 11) is 1.71. The largest absolute Gasteiger partial charge is 0.383 e. The number of aromatic nitrogens is 2. The van der Waals surface area contributed by atoms with E-state index < -0.39 is 0 Å². The van der Waals surface area contributed by atoms with Gasteiger partial charge in [-0.05, 0) is 68.0 Å². The van der Waals surface area contributed by atoms with E-state index in [1.54, 1.807) is 13.3 Å². The number of hydrogen-bond acceptors (Lipinski definition) is 4. The summed E-state index contributed by atoms with van der Waals surface area (Å²) >= 11 is 12.5. The van der Waals surface area contributed by atoms with Gasteiger partial charge in [-0.1, -0.05) is 31.5 Å². The third kappa shape index (κ3) is 5.12. The van der Waals surface area contributed by atoms with Crippen molar-refractivity contribution in [2.45, 2.75) is 46.3 Å². The maximum absolute atomic E-state index is 12.2. The number of ether oxygens (including phenoxy) is 1. The highest BCUT2D eigenvalue weighted by Crippen LogP contribution is 2.44. The van der Waals surface area contributed by atoms with E-state index in [2.05, 4.69) is 45.0 Å². The minimum absolute atomic E-state index is 0.0837. The number of carbonyl (C=O) groups is 1. The molecule has 2 atom stereocenters. The number of methoxy groups -OCH3 is 1. The number of nitrogens with zero attached hydrogens (tertiary/aromatic N) is 3. The van der Waals surface area contributed by atoms with Crippen molar-refractivity contribution in [1.82, 2.24) is 14.9 Å². The Labute approximate surface area is 222 Å². The van der Waals surface area contributed by atoms with Crippen LogP contribution in [0.2, 0.25) is 5.02 Å². The average molecular weight is 526 g/mol. The summed E-state index contributed by atoms with van der Waals surface area (Å²) in [6, 6.07) is 13.4. The molecule has 1 amide bonds. The molecule has 3 heterocycles. The van der Waals surface area contributed by atoms with Crippen molar-refractivity contribution >= 4 is 46.2 Å². The lowest BCUT2D eigenvalue weighted by Crippen LogP contribution is -2.29. The number of aryl methyl sites for hydroxylation is 1. The second kappa shape index (κ2) is 11.0. The normalized spacial score (nSPS) is 17.5. The highest BCUT2D eigenvalue weighted by molar-refractivity contribution is 7.80. The van der Waals surface area contributed by atoms with Gasteiger partial charge in [-0.15, -0.1) is 0 Å². The minimum atomic E-state index is -0.158. The molecule has 36 heavy (non-hydrogen) atoms. The highest BCUT2D eigenvalue weighted by atomic mass is 35.5. The van der Waals surface area contributed by atoms with Crippen molar-refractivity contribution in [1.29, 1.82) is 0 Å². The van der Waals surface area contributed by atoms with E-state index in [1.807, 2.05) is 50.2 Å². The maximum Gasteiger partial charge on any atom is 0.226 e. The molecule has 4 rings (SSSR count). The third-order valence-electron chi connectivity index (χ3n) is 6.56. The molecule has 3 aromatic rings. The van der Waals surface area contributed by atoms with Crippen LogP contribution in [0.5, 0.6) is 0 Å². The van der Waals surface area contributed by atoms with Crippen molar-refractivity contribution < 1.29 is 9.53 Å². The number of amides is 1. The van der Waals surface area contributed by atoms with Crippen molar-refractivity contribution in [3.8, 4) is 0 Å². The van der Waals surface area contributed by atoms with E-state index in [0.29, 0.717) is 22.4 Å². The number of hydrogen-bond donors (Lipinski definition) is 2. The monoisotopic (exact) mass is 525 g/mol. The lowest BCUT2D eigenvalue weighted by atomic mass is 9.96. The second-order valence-electron chi connectivity index (χ2n) is 9.28. The molecule has 1 aliphatic heterocycles. The first kappa shape index (κ1) is 26.1. The smallest absolute Gasteiger partial charge is 0.226 e. The van der Waals surface area contributed by atoms with Gasteiger partial charge in [-0.25, -0.2) is 0 Å². The Morgan fingerprint density at radius 2 is 2.03 bits per heavy atom. The van der Waals surface area contributed by atoms with Crippen LogP contribution >= 0.6 is 23.8 Å². The molecular weight excluding hydrogens is 494 g/mol. The number of halogens is 1. The first-order valence-electron chi connectivity index (χ1n) is 12.0. The molecule has 1 aromatic carbocycles. The predicted octanol–water partition coefficient (Wildman–Crippen LogP) is 5.57. The summed E-state index contributed by atoms with van der Waals surface area (Å²) in [5.74, 6) is -0.229. The Bertz CT molecular complexity index is 1260.